The van der Waals surface area contributed by atoms with Gasteiger partial charge in [-0.05, 0) is 18.1 Å². The fourth-order valence-corrected chi connectivity index (χ4v) is 2.50. The molecule has 2 heterocycles. The number of aliphatic carboxylic acids is 1. The molecule has 0 spiro atoms. The molecular weight excluding hydrogens is 234 g/mol. The van der Waals surface area contributed by atoms with Crippen molar-refractivity contribution in [1.29, 1.82) is 0 Å². The SMILES string of the molecule is O=C(O)C1(C(=O)N2CCc3ccccc32)CCO1. The van der Waals surface area contributed by atoms with Gasteiger partial charge in [0.1, 0.15) is 0 Å². The lowest BCUT2D eigenvalue weighted by Crippen LogP contribution is -2.62. The predicted molar refractivity (Wildman–Crippen MR) is 63.4 cm³/mol. The normalized spacial score (nSPS) is 25.4. The third-order valence-electron chi connectivity index (χ3n) is 3.63. The van der Waals surface area contributed by atoms with Crippen LogP contribution in [0.1, 0.15) is 12.0 Å². The second-order valence-electron chi connectivity index (χ2n) is 4.57. The summed E-state index contributed by atoms with van der Waals surface area (Å²) in [4.78, 5) is 25.1. The van der Waals surface area contributed by atoms with E-state index in [4.69, 9.17) is 4.74 Å². The highest BCUT2D eigenvalue weighted by Gasteiger charge is 2.55. The number of carbonyl (C=O) groups excluding carboxylic acids is 1. The Morgan fingerprint density at radius 2 is 2.06 bits per heavy atom. The van der Waals surface area contributed by atoms with Crippen LogP contribution in [0.2, 0.25) is 0 Å². The second-order valence-corrected chi connectivity index (χ2v) is 4.57. The van der Waals surface area contributed by atoms with Crippen LogP contribution in [0.25, 0.3) is 0 Å². The summed E-state index contributed by atoms with van der Waals surface area (Å²) in [7, 11) is 0. The van der Waals surface area contributed by atoms with E-state index in [0.29, 0.717) is 13.2 Å². The molecule has 3 rings (SSSR count). The first-order chi connectivity index (χ1) is 8.65. The summed E-state index contributed by atoms with van der Waals surface area (Å²) in [6, 6.07) is 7.56. The van der Waals surface area contributed by atoms with Crippen molar-refractivity contribution in [3.63, 3.8) is 0 Å². The maximum atomic E-state index is 12.4. The van der Waals surface area contributed by atoms with E-state index in [1.165, 1.54) is 4.90 Å². The number of para-hydroxylation sites is 1. The number of carboxylic acids is 1. The lowest BCUT2D eigenvalue weighted by Gasteiger charge is -2.38. The molecule has 1 saturated heterocycles. The van der Waals surface area contributed by atoms with E-state index in [1.54, 1.807) is 0 Å². The summed E-state index contributed by atoms with van der Waals surface area (Å²) < 4.78 is 5.08. The van der Waals surface area contributed by atoms with Crippen molar-refractivity contribution in [3.05, 3.63) is 29.8 Å². The smallest absolute Gasteiger partial charge is 0.346 e. The molecule has 0 saturated carbocycles. The number of rotatable bonds is 2. The molecular formula is C13H13NO4. The van der Waals surface area contributed by atoms with Gasteiger partial charge in [-0.2, -0.15) is 0 Å². The highest BCUT2D eigenvalue weighted by molar-refractivity contribution is 6.14. The topological polar surface area (TPSA) is 66.8 Å². The number of nitrogens with zero attached hydrogens (tertiary/aromatic N) is 1. The quantitative estimate of drug-likeness (QED) is 0.786. The molecule has 0 aliphatic carbocycles. The minimum atomic E-state index is -1.66. The van der Waals surface area contributed by atoms with Crippen LogP contribution in [-0.2, 0) is 20.7 Å². The number of carboxylic acid groups (broad SMARTS) is 1. The third kappa shape index (κ3) is 1.37. The Labute approximate surface area is 104 Å². The Morgan fingerprint density at radius 1 is 1.33 bits per heavy atom. The van der Waals surface area contributed by atoms with Gasteiger partial charge in [-0.1, -0.05) is 18.2 Å². The van der Waals surface area contributed by atoms with Crippen LogP contribution in [0.5, 0.6) is 0 Å². The van der Waals surface area contributed by atoms with Crippen molar-refractivity contribution in [2.45, 2.75) is 18.4 Å². The summed E-state index contributed by atoms with van der Waals surface area (Å²) in [5.74, 6) is -1.64. The molecule has 1 unspecified atom stereocenters. The first kappa shape index (κ1) is 11.2. The Balaban J connectivity index is 1.93. The van der Waals surface area contributed by atoms with Crippen molar-refractivity contribution in [2.75, 3.05) is 18.1 Å². The molecule has 94 valence electrons. The maximum Gasteiger partial charge on any atom is 0.346 e. The minimum Gasteiger partial charge on any atom is -0.479 e. The first-order valence-corrected chi connectivity index (χ1v) is 5.92. The van der Waals surface area contributed by atoms with E-state index in [0.717, 1.165) is 17.7 Å². The highest BCUT2D eigenvalue weighted by atomic mass is 16.6. The second kappa shape index (κ2) is 3.81. The largest absolute Gasteiger partial charge is 0.479 e. The van der Waals surface area contributed by atoms with Gasteiger partial charge in [0.25, 0.3) is 5.91 Å². The standard InChI is InChI=1S/C13H13NO4/c15-11(13(12(16)17)6-8-18-13)14-7-5-9-3-1-2-4-10(9)14/h1-4H,5-8H2,(H,16,17). The van der Waals surface area contributed by atoms with Crippen LogP contribution >= 0.6 is 0 Å². The van der Waals surface area contributed by atoms with E-state index in [2.05, 4.69) is 0 Å². The van der Waals surface area contributed by atoms with Crippen molar-refractivity contribution in [2.24, 2.45) is 0 Å². The Bertz CT molecular complexity index is 521. The Morgan fingerprint density at radius 3 is 2.67 bits per heavy atom. The van der Waals surface area contributed by atoms with Gasteiger partial charge in [0.05, 0.1) is 6.61 Å². The van der Waals surface area contributed by atoms with E-state index in [-0.39, 0.29) is 6.42 Å². The average molecular weight is 247 g/mol. The average Bonchev–Trinajstić information content (AvgIpc) is 2.70. The first-order valence-electron chi connectivity index (χ1n) is 5.92. The van der Waals surface area contributed by atoms with Crippen LogP contribution in [0, 0.1) is 0 Å². The van der Waals surface area contributed by atoms with Crippen molar-refractivity contribution in [3.8, 4) is 0 Å². The van der Waals surface area contributed by atoms with Gasteiger partial charge in [0, 0.05) is 18.7 Å². The monoisotopic (exact) mass is 247 g/mol. The lowest BCUT2D eigenvalue weighted by atomic mass is 9.93. The number of amides is 1. The fourth-order valence-electron chi connectivity index (χ4n) is 2.50. The molecule has 0 radical (unpaired) electrons. The molecule has 2 aliphatic heterocycles. The van der Waals surface area contributed by atoms with E-state index in [1.807, 2.05) is 24.3 Å². The van der Waals surface area contributed by atoms with Crippen molar-refractivity contribution >= 4 is 17.6 Å². The zero-order valence-electron chi connectivity index (χ0n) is 9.76. The molecule has 0 bridgehead atoms. The fraction of sp³-hybridized carbons (Fsp3) is 0.385. The summed E-state index contributed by atoms with van der Waals surface area (Å²) in [6.07, 6.45) is 1.01. The molecule has 1 aromatic carbocycles. The van der Waals surface area contributed by atoms with Crippen molar-refractivity contribution < 1.29 is 19.4 Å². The number of ether oxygens (including phenoxy) is 1. The Kier molecular flexibility index (Phi) is 2.38. The van der Waals surface area contributed by atoms with Crippen LogP contribution in [0.3, 0.4) is 0 Å². The maximum absolute atomic E-state index is 12.4. The van der Waals surface area contributed by atoms with Gasteiger partial charge in [-0.3, -0.25) is 4.79 Å². The molecule has 1 N–H and O–H groups in total. The number of benzene rings is 1. The number of carbonyl (C=O) groups is 2. The van der Waals surface area contributed by atoms with Crippen LogP contribution in [-0.4, -0.2) is 35.7 Å². The van der Waals surface area contributed by atoms with Gasteiger partial charge < -0.3 is 14.7 Å². The van der Waals surface area contributed by atoms with E-state index < -0.39 is 17.5 Å². The Hall–Kier alpha value is -1.88. The summed E-state index contributed by atoms with van der Waals surface area (Å²) in [5, 5.41) is 9.19. The molecule has 5 heteroatoms. The number of anilines is 1. The van der Waals surface area contributed by atoms with Gasteiger partial charge >= 0.3 is 5.97 Å². The minimum absolute atomic E-state index is 0.250. The molecule has 5 nitrogen and oxygen atoms in total. The molecule has 1 fully saturated rings. The lowest BCUT2D eigenvalue weighted by molar-refractivity contribution is -0.196. The van der Waals surface area contributed by atoms with Gasteiger partial charge in [0.2, 0.25) is 5.60 Å². The molecule has 18 heavy (non-hydrogen) atoms. The van der Waals surface area contributed by atoms with Crippen LogP contribution in [0.4, 0.5) is 5.69 Å². The summed E-state index contributed by atoms with van der Waals surface area (Å²) in [6.45, 7) is 0.851. The molecule has 1 atom stereocenters. The molecule has 0 aromatic heterocycles. The predicted octanol–water partition coefficient (Wildman–Crippen LogP) is 0.819. The van der Waals surface area contributed by atoms with E-state index >= 15 is 0 Å². The van der Waals surface area contributed by atoms with Crippen LogP contribution < -0.4 is 4.90 Å². The van der Waals surface area contributed by atoms with Crippen LogP contribution in [0.15, 0.2) is 24.3 Å². The summed E-state index contributed by atoms with van der Waals surface area (Å²) >= 11 is 0. The zero-order chi connectivity index (χ0) is 12.8. The summed E-state index contributed by atoms with van der Waals surface area (Å²) in [5.41, 5.74) is 0.224. The van der Waals surface area contributed by atoms with Gasteiger partial charge in [-0.25, -0.2) is 4.79 Å². The molecule has 2 aliphatic rings. The number of hydrogen-bond acceptors (Lipinski definition) is 3. The number of hydrogen-bond donors (Lipinski definition) is 1. The molecule has 1 aromatic rings. The highest BCUT2D eigenvalue weighted by Crippen LogP contribution is 2.35. The molecule has 1 amide bonds. The number of fused-ring (bicyclic) bond motifs is 1. The van der Waals surface area contributed by atoms with Gasteiger partial charge in [-0.15, -0.1) is 0 Å². The third-order valence-corrected chi connectivity index (χ3v) is 3.63. The van der Waals surface area contributed by atoms with Gasteiger partial charge in [0.15, 0.2) is 0 Å². The van der Waals surface area contributed by atoms with Crippen molar-refractivity contribution in [1.82, 2.24) is 0 Å². The zero-order valence-corrected chi connectivity index (χ0v) is 9.76. The van der Waals surface area contributed by atoms with E-state index in [9.17, 15) is 14.7 Å².